The van der Waals surface area contributed by atoms with Crippen LogP contribution in [0.5, 0.6) is 5.88 Å². The molecule has 0 aliphatic rings. The lowest BCUT2D eigenvalue weighted by Gasteiger charge is -2.11. The van der Waals surface area contributed by atoms with Gasteiger partial charge >= 0.3 is 11.7 Å². The standard InChI is InChI=1S/C6H11N5O3/c1-2-9-4-3(7)6(12)11(14)10(13)5(4)8/h9,12H,2,7-8H2,1H3. The van der Waals surface area contributed by atoms with Gasteiger partial charge in [-0.1, -0.05) is 0 Å². The van der Waals surface area contributed by atoms with Crippen molar-refractivity contribution in [1.82, 2.24) is 0 Å². The molecule has 0 aliphatic carbocycles. The van der Waals surface area contributed by atoms with Gasteiger partial charge in [0.1, 0.15) is 0 Å². The Morgan fingerprint density at radius 3 is 2.43 bits per heavy atom. The summed E-state index contributed by atoms with van der Waals surface area (Å²) in [6.45, 7) is 2.21. The highest BCUT2D eigenvalue weighted by molar-refractivity contribution is 5.76. The maximum atomic E-state index is 11.0. The topological polar surface area (TPSA) is 138 Å². The van der Waals surface area contributed by atoms with Crippen LogP contribution in [0.3, 0.4) is 0 Å². The molecule has 78 valence electrons. The Kier molecular flexibility index (Phi) is 2.36. The number of rotatable bonds is 2. The van der Waals surface area contributed by atoms with Crippen LogP contribution in [0.4, 0.5) is 17.2 Å². The fraction of sp³-hybridized carbons (Fsp3) is 0.333. The fourth-order valence-electron chi connectivity index (χ4n) is 0.995. The summed E-state index contributed by atoms with van der Waals surface area (Å²) in [7, 11) is 0. The molecule has 0 saturated heterocycles. The first kappa shape index (κ1) is 9.96. The Bertz CT molecular complexity index is 338. The van der Waals surface area contributed by atoms with Gasteiger partial charge in [0.2, 0.25) is 0 Å². The number of hydrogen-bond acceptors (Lipinski definition) is 6. The van der Waals surface area contributed by atoms with E-state index in [1.165, 1.54) is 0 Å². The number of nitrogens with zero attached hydrogens (tertiary/aromatic N) is 2. The molecule has 1 aromatic heterocycles. The minimum Gasteiger partial charge on any atom is -0.657 e. The van der Waals surface area contributed by atoms with E-state index in [-0.39, 0.29) is 26.9 Å². The summed E-state index contributed by atoms with van der Waals surface area (Å²) in [6.07, 6.45) is 0. The van der Waals surface area contributed by atoms with Crippen molar-refractivity contribution < 1.29 is 14.8 Å². The summed E-state index contributed by atoms with van der Waals surface area (Å²) < 4.78 is 0. The Morgan fingerprint density at radius 1 is 1.36 bits per heavy atom. The maximum absolute atomic E-state index is 11.0. The van der Waals surface area contributed by atoms with Crippen molar-refractivity contribution in [2.24, 2.45) is 0 Å². The molecule has 0 amide bonds. The molecular weight excluding hydrogens is 190 g/mol. The molecule has 0 radical (unpaired) electrons. The molecule has 0 aliphatic heterocycles. The van der Waals surface area contributed by atoms with Crippen LogP contribution < -0.4 is 26.5 Å². The summed E-state index contributed by atoms with van der Waals surface area (Å²) in [5, 5.41) is 33.7. The third-order valence-corrected chi connectivity index (χ3v) is 1.67. The highest BCUT2D eigenvalue weighted by Gasteiger charge is 2.25. The van der Waals surface area contributed by atoms with Gasteiger partial charge in [0, 0.05) is 16.2 Å². The van der Waals surface area contributed by atoms with Crippen LogP contribution in [0.1, 0.15) is 6.92 Å². The lowest BCUT2D eigenvalue weighted by molar-refractivity contribution is -1.18. The first-order valence-corrected chi connectivity index (χ1v) is 3.87. The third-order valence-electron chi connectivity index (χ3n) is 1.67. The number of aromatic hydroxyl groups is 1. The average Bonchev–Trinajstić information content (AvgIpc) is 2.19. The second-order valence-electron chi connectivity index (χ2n) is 2.57. The van der Waals surface area contributed by atoms with E-state index in [1.807, 2.05) is 0 Å². The molecule has 0 bridgehead atoms. The molecule has 0 fully saturated rings. The van der Waals surface area contributed by atoms with Gasteiger partial charge in [0.15, 0.2) is 11.4 Å². The Labute approximate surface area is 79.5 Å². The molecule has 0 aromatic carbocycles. The zero-order valence-electron chi connectivity index (χ0n) is 7.52. The number of hydrogen-bond donors (Lipinski definition) is 4. The maximum Gasteiger partial charge on any atom is 0.446 e. The van der Waals surface area contributed by atoms with Gasteiger partial charge in [0.25, 0.3) is 0 Å². The molecule has 0 atom stereocenters. The summed E-state index contributed by atoms with van der Waals surface area (Å²) in [4.78, 5) is -0.519. The molecule has 8 heteroatoms. The van der Waals surface area contributed by atoms with E-state index in [4.69, 9.17) is 16.6 Å². The minimum atomic E-state index is -0.870. The van der Waals surface area contributed by atoms with Crippen LogP contribution >= 0.6 is 0 Å². The molecule has 0 saturated carbocycles. The third kappa shape index (κ3) is 1.26. The lowest BCUT2D eigenvalue weighted by atomic mass is 10.3. The second-order valence-corrected chi connectivity index (χ2v) is 2.57. The van der Waals surface area contributed by atoms with E-state index in [1.54, 1.807) is 6.92 Å². The van der Waals surface area contributed by atoms with E-state index in [2.05, 4.69) is 5.32 Å². The van der Waals surface area contributed by atoms with Crippen LogP contribution in [0.2, 0.25) is 0 Å². The van der Waals surface area contributed by atoms with Crippen LogP contribution in [-0.2, 0) is 0 Å². The molecule has 0 unspecified atom stereocenters. The quantitative estimate of drug-likeness (QED) is 0.331. The number of nitrogen functional groups attached to an aromatic ring is 2. The van der Waals surface area contributed by atoms with E-state index < -0.39 is 5.88 Å². The lowest BCUT2D eigenvalue weighted by Crippen LogP contribution is -2.62. The Hall–Kier alpha value is -2.12. The highest BCUT2D eigenvalue weighted by Crippen LogP contribution is 2.27. The van der Waals surface area contributed by atoms with Gasteiger partial charge < -0.3 is 26.6 Å². The van der Waals surface area contributed by atoms with Crippen LogP contribution in [0.15, 0.2) is 0 Å². The predicted octanol–water partition coefficient (Wildman–Crippen LogP) is -1.74. The molecule has 1 rings (SSSR count). The van der Waals surface area contributed by atoms with E-state index >= 15 is 0 Å². The SMILES string of the molecule is CCNc1c(N)c(O)[n+]([O-])[n+]([O-])c1N. The smallest absolute Gasteiger partial charge is 0.446 e. The van der Waals surface area contributed by atoms with Crippen molar-refractivity contribution in [3.8, 4) is 5.88 Å². The number of anilines is 3. The molecule has 14 heavy (non-hydrogen) atoms. The van der Waals surface area contributed by atoms with Crippen molar-refractivity contribution in [3.63, 3.8) is 0 Å². The van der Waals surface area contributed by atoms with Crippen LogP contribution in [0, 0.1) is 10.4 Å². The molecular formula is C6H11N5O3. The van der Waals surface area contributed by atoms with Gasteiger partial charge in [-0.2, -0.15) is 0 Å². The summed E-state index contributed by atoms with van der Waals surface area (Å²) in [6, 6.07) is 0. The second kappa shape index (κ2) is 3.32. The van der Waals surface area contributed by atoms with Gasteiger partial charge in [-0.05, 0) is 6.92 Å². The highest BCUT2D eigenvalue weighted by atomic mass is 16.6. The molecule has 8 nitrogen and oxygen atoms in total. The number of aromatic nitrogens is 2. The number of nitrogens with one attached hydrogen (secondary N) is 1. The minimum absolute atomic E-state index is 0.0621. The van der Waals surface area contributed by atoms with Crippen LogP contribution in [-0.4, -0.2) is 11.7 Å². The van der Waals surface area contributed by atoms with Gasteiger partial charge in [-0.25, -0.2) is 0 Å². The first-order chi connectivity index (χ1) is 6.50. The monoisotopic (exact) mass is 201 g/mol. The van der Waals surface area contributed by atoms with E-state index in [0.29, 0.717) is 6.54 Å². The number of nitrogens with two attached hydrogens (primary N) is 2. The molecule has 1 heterocycles. The fourth-order valence-corrected chi connectivity index (χ4v) is 0.995. The van der Waals surface area contributed by atoms with Crippen molar-refractivity contribution in [2.75, 3.05) is 23.3 Å². The average molecular weight is 201 g/mol. The normalized spacial score (nSPS) is 10.1. The molecule has 0 spiro atoms. The Balaban J connectivity index is 3.43. The van der Waals surface area contributed by atoms with Gasteiger partial charge in [-0.3, -0.25) is 5.73 Å². The van der Waals surface area contributed by atoms with Crippen LogP contribution in [0.25, 0.3) is 0 Å². The predicted molar refractivity (Wildman–Crippen MR) is 49.0 cm³/mol. The molecule has 6 N–H and O–H groups in total. The van der Waals surface area contributed by atoms with Crippen molar-refractivity contribution in [3.05, 3.63) is 10.4 Å². The van der Waals surface area contributed by atoms with Crippen molar-refractivity contribution in [2.45, 2.75) is 6.92 Å². The summed E-state index contributed by atoms with van der Waals surface area (Å²) in [5.74, 6) is -1.25. The Morgan fingerprint density at radius 2 is 1.93 bits per heavy atom. The van der Waals surface area contributed by atoms with Gasteiger partial charge in [-0.15, -0.1) is 0 Å². The first-order valence-electron chi connectivity index (χ1n) is 3.87. The summed E-state index contributed by atoms with van der Waals surface area (Å²) >= 11 is 0. The van der Waals surface area contributed by atoms with E-state index in [9.17, 15) is 10.4 Å². The zero-order valence-corrected chi connectivity index (χ0v) is 7.52. The van der Waals surface area contributed by atoms with Crippen molar-refractivity contribution in [1.29, 1.82) is 0 Å². The zero-order chi connectivity index (χ0) is 10.9. The molecule has 1 aromatic rings. The van der Waals surface area contributed by atoms with Crippen molar-refractivity contribution >= 4 is 17.2 Å². The largest absolute Gasteiger partial charge is 0.657 e. The van der Waals surface area contributed by atoms with E-state index in [0.717, 1.165) is 0 Å². The summed E-state index contributed by atoms with van der Waals surface area (Å²) in [5.41, 5.74) is 10.5. The van der Waals surface area contributed by atoms with Gasteiger partial charge in [0.05, 0.1) is 0 Å².